The van der Waals surface area contributed by atoms with Crippen LogP contribution < -0.4 is 5.56 Å². The number of sulfone groups is 1. The summed E-state index contributed by atoms with van der Waals surface area (Å²) in [5, 5.41) is 1.64. The van der Waals surface area contributed by atoms with Crippen molar-refractivity contribution in [3.05, 3.63) is 27.8 Å². The maximum atomic E-state index is 12.3. The minimum atomic E-state index is -2.94. The van der Waals surface area contributed by atoms with Crippen molar-refractivity contribution in [2.24, 2.45) is 0 Å². The molecule has 3 rings (SSSR count). The van der Waals surface area contributed by atoms with E-state index < -0.39 is 9.84 Å². The summed E-state index contributed by atoms with van der Waals surface area (Å²) in [7, 11) is -2.94. The smallest absolute Gasteiger partial charge is 0.253 e. The summed E-state index contributed by atoms with van der Waals surface area (Å²) in [6, 6.07) is 1.84. The average Bonchev–Trinajstić information content (AvgIpc) is 2.46. The van der Waals surface area contributed by atoms with Gasteiger partial charge in [0.15, 0.2) is 0 Å². The van der Waals surface area contributed by atoms with Gasteiger partial charge in [-0.15, -0.1) is 11.8 Å². The Bertz CT molecular complexity index is 876. The first-order valence-electron chi connectivity index (χ1n) is 7.05. The fourth-order valence-electron chi connectivity index (χ4n) is 2.84. The van der Waals surface area contributed by atoms with Gasteiger partial charge in [0.25, 0.3) is 5.56 Å². The van der Waals surface area contributed by atoms with Crippen molar-refractivity contribution in [3.8, 4) is 0 Å². The van der Waals surface area contributed by atoms with Gasteiger partial charge >= 0.3 is 0 Å². The van der Waals surface area contributed by atoms with E-state index in [1.807, 2.05) is 12.3 Å². The molecule has 2 aromatic rings. The number of pyridine rings is 1. The van der Waals surface area contributed by atoms with Gasteiger partial charge < -0.3 is 4.98 Å². The van der Waals surface area contributed by atoms with Gasteiger partial charge in [-0.2, -0.15) is 0 Å². The molecule has 0 atom stereocenters. The molecule has 8 heteroatoms. The Morgan fingerprint density at radius 3 is 2.59 bits per heavy atom. The molecule has 1 N–H and O–H groups in total. The first-order chi connectivity index (χ1) is 10.4. The summed E-state index contributed by atoms with van der Waals surface area (Å²) >= 11 is 1.50. The van der Waals surface area contributed by atoms with Gasteiger partial charge in [-0.1, -0.05) is 0 Å². The molecule has 1 aliphatic heterocycles. The third-order valence-electron chi connectivity index (χ3n) is 4.00. The quantitative estimate of drug-likeness (QED) is 0.660. The largest absolute Gasteiger partial charge is 0.306 e. The average molecular weight is 339 g/mol. The highest BCUT2D eigenvalue weighted by molar-refractivity contribution is 7.98. The molecule has 0 amide bonds. The van der Waals surface area contributed by atoms with Crippen LogP contribution in [0.2, 0.25) is 0 Å². The van der Waals surface area contributed by atoms with Gasteiger partial charge in [0.2, 0.25) is 0 Å². The first-order valence-corrected chi connectivity index (χ1v) is 10.1. The topological polar surface area (TPSA) is 92.8 Å². The fraction of sp³-hybridized carbons (Fsp3) is 0.500. The molecular formula is C14H17N3O3S2. The van der Waals surface area contributed by atoms with E-state index in [0.717, 1.165) is 10.4 Å². The number of hydrogen-bond donors (Lipinski definition) is 1. The molecule has 0 aromatic carbocycles. The molecule has 22 heavy (non-hydrogen) atoms. The first kappa shape index (κ1) is 15.5. The molecule has 1 aliphatic rings. The van der Waals surface area contributed by atoms with Crippen molar-refractivity contribution in [2.75, 3.05) is 17.8 Å². The molecule has 6 nitrogen and oxygen atoms in total. The summed E-state index contributed by atoms with van der Waals surface area (Å²) < 4.78 is 23.1. The van der Waals surface area contributed by atoms with E-state index in [1.165, 1.54) is 11.8 Å². The normalized spacial score (nSPS) is 18.6. The van der Waals surface area contributed by atoms with Crippen LogP contribution in [-0.2, 0) is 9.84 Å². The number of thioether (sulfide) groups is 1. The molecule has 0 spiro atoms. The Morgan fingerprint density at radius 1 is 1.27 bits per heavy atom. The lowest BCUT2D eigenvalue weighted by atomic mass is 9.94. The Morgan fingerprint density at radius 2 is 1.95 bits per heavy atom. The summed E-state index contributed by atoms with van der Waals surface area (Å²) in [6.07, 6.45) is 2.93. The zero-order valence-corrected chi connectivity index (χ0v) is 14.1. The second-order valence-electron chi connectivity index (χ2n) is 5.52. The van der Waals surface area contributed by atoms with E-state index >= 15 is 0 Å². The van der Waals surface area contributed by atoms with E-state index in [0.29, 0.717) is 29.9 Å². The molecule has 0 aliphatic carbocycles. The Labute approximate surface area is 132 Å². The second kappa shape index (κ2) is 5.66. The Hall–Kier alpha value is -1.41. The van der Waals surface area contributed by atoms with E-state index in [4.69, 9.17) is 0 Å². The van der Waals surface area contributed by atoms with Crippen LogP contribution in [0.1, 0.15) is 30.1 Å². The zero-order chi connectivity index (χ0) is 15.9. The van der Waals surface area contributed by atoms with Crippen LogP contribution in [0.4, 0.5) is 0 Å². The molecule has 1 fully saturated rings. The predicted molar refractivity (Wildman–Crippen MR) is 87.3 cm³/mol. The molecule has 118 valence electrons. The summed E-state index contributed by atoms with van der Waals surface area (Å²) in [6.45, 7) is 1.79. The second-order valence-corrected chi connectivity index (χ2v) is 8.62. The number of H-pyrrole nitrogens is 1. The highest BCUT2D eigenvalue weighted by Crippen LogP contribution is 2.30. The van der Waals surface area contributed by atoms with Gasteiger partial charge in [-0.05, 0) is 38.0 Å². The van der Waals surface area contributed by atoms with Crippen molar-refractivity contribution in [1.29, 1.82) is 0 Å². The molecule has 0 unspecified atom stereocenters. The number of aromatic amines is 1. The number of hydrogen-bond acceptors (Lipinski definition) is 6. The molecule has 0 radical (unpaired) electrons. The summed E-state index contributed by atoms with van der Waals surface area (Å²) in [5.74, 6) is 0.890. The molecule has 0 saturated carbocycles. The number of aromatic nitrogens is 3. The lowest BCUT2D eigenvalue weighted by Crippen LogP contribution is -2.26. The van der Waals surface area contributed by atoms with E-state index in [9.17, 15) is 13.2 Å². The van der Waals surface area contributed by atoms with E-state index in [-0.39, 0.29) is 23.0 Å². The van der Waals surface area contributed by atoms with E-state index in [2.05, 4.69) is 15.0 Å². The predicted octanol–water partition coefficient (Wildman–Crippen LogP) is 1.64. The number of nitrogens with zero attached hydrogens (tertiary/aromatic N) is 2. The summed E-state index contributed by atoms with van der Waals surface area (Å²) in [4.78, 5) is 23.8. The van der Waals surface area contributed by atoms with Crippen LogP contribution >= 0.6 is 11.8 Å². The number of rotatable bonds is 2. The van der Waals surface area contributed by atoms with Crippen LogP contribution in [0.25, 0.3) is 11.0 Å². The SMILES string of the molecule is CSc1nc(C)nc2[nH]c(=O)c(C3CCS(=O)(=O)CC3)cc12. The number of nitrogens with one attached hydrogen (secondary N) is 1. The maximum absolute atomic E-state index is 12.3. The van der Waals surface area contributed by atoms with Crippen molar-refractivity contribution in [1.82, 2.24) is 15.0 Å². The van der Waals surface area contributed by atoms with Gasteiger partial charge in [0.05, 0.1) is 16.9 Å². The third-order valence-corrected chi connectivity index (χ3v) is 6.42. The Balaban J connectivity index is 2.09. The molecule has 3 heterocycles. The Kier molecular flexibility index (Phi) is 3.98. The fourth-order valence-corrected chi connectivity index (χ4v) is 4.93. The monoisotopic (exact) mass is 339 g/mol. The zero-order valence-electron chi connectivity index (χ0n) is 12.4. The summed E-state index contributed by atoms with van der Waals surface area (Å²) in [5.41, 5.74) is 1.00. The minimum Gasteiger partial charge on any atom is -0.306 e. The van der Waals surface area contributed by atoms with E-state index in [1.54, 1.807) is 6.92 Å². The number of aryl methyl sites for hydroxylation is 1. The highest BCUT2D eigenvalue weighted by Gasteiger charge is 2.27. The van der Waals surface area contributed by atoms with Crippen LogP contribution in [0.5, 0.6) is 0 Å². The third kappa shape index (κ3) is 2.89. The van der Waals surface area contributed by atoms with Gasteiger partial charge in [-0.25, -0.2) is 18.4 Å². The van der Waals surface area contributed by atoms with Gasteiger partial charge in [-0.3, -0.25) is 4.79 Å². The van der Waals surface area contributed by atoms with Gasteiger partial charge in [0, 0.05) is 5.56 Å². The van der Waals surface area contributed by atoms with Gasteiger partial charge in [0.1, 0.15) is 26.3 Å². The van der Waals surface area contributed by atoms with Crippen LogP contribution in [0.3, 0.4) is 0 Å². The van der Waals surface area contributed by atoms with Crippen molar-refractivity contribution < 1.29 is 8.42 Å². The number of fused-ring (bicyclic) bond motifs is 1. The molecule has 1 saturated heterocycles. The minimum absolute atomic E-state index is 0.0207. The van der Waals surface area contributed by atoms with Crippen molar-refractivity contribution in [3.63, 3.8) is 0 Å². The maximum Gasteiger partial charge on any atom is 0.253 e. The van der Waals surface area contributed by atoms with Crippen molar-refractivity contribution >= 4 is 32.6 Å². The molecule has 2 aromatic heterocycles. The molecule has 0 bridgehead atoms. The lowest BCUT2D eigenvalue weighted by molar-refractivity contribution is 0.548. The van der Waals surface area contributed by atoms with Crippen LogP contribution in [-0.4, -0.2) is 41.1 Å². The lowest BCUT2D eigenvalue weighted by Gasteiger charge is -2.21. The van der Waals surface area contributed by atoms with Crippen molar-refractivity contribution in [2.45, 2.75) is 30.7 Å². The standard InChI is InChI=1S/C14H17N3O3S2/c1-8-15-12-11(14(16-8)21-2)7-10(13(18)17-12)9-3-5-22(19,20)6-4-9/h7,9H,3-6H2,1-2H3,(H,15,16,17,18). The van der Waals surface area contributed by atoms with Crippen LogP contribution in [0, 0.1) is 6.92 Å². The molecular weight excluding hydrogens is 322 g/mol. The highest BCUT2D eigenvalue weighted by atomic mass is 32.2. The van der Waals surface area contributed by atoms with Crippen LogP contribution in [0.15, 0.2) is 15.9 Å².